The Balaban J connectivity index is 1.59. The number of hydrogen-bond donors (Lipinski definition) is 1. The molecular weight excluding hydrogens is 250 g/mol. The Morgan fingerprint density at radius 3 is 2.40 bits per heavy atom. The van der Waals surface area contributed by atoms with Gasteiger partial charge in [-0.2, -0.15) is 0 Å². The molecule has 3 nitrogen and oxygen atoms in total. The fourth-order valence-electron chi connectivity index (χ4n) is 2.75. The molecule has 110 valence electrons. The van der Waals surface area contributed by atoms with Gasteiger partial charge in [-0.15, -0.1) is 0 Å². The average Bonchev–Trinajstić information content (AvgIpc) is 3.35. The summed E-state index contributed by atoms with van der Waals surface area (Å²) in [6.07, 6.45) is 5.07. The van der Waals surface area contributed by atoms with Crippen molar-refractivity contribution in [3.8, 4) is 5.75 Å². The highest BCUT2D eigenvalue weighted by Crippen LogP contribution is 2.34. The molecule has 1 N–H and O–H groups in total. The number of methoxy groups -OCH3 is 1. The third kappa shape index (κ3) is 3.97. The second-order valence-electron chi connectivity index (χ2n) is 6.40. The lowest BCUT2D eigenvalue weighted by molar-refractivity contribution is 0.107. The van der Waals surface area contributed by atoms with Crippen LogP contribution in [0.15, 0.2) is 24.3 Å². The fraction of sp³-hybridized carbons (Fsp3) is 0.647. The van der Waals surface area contributed by atoms with Gasteiger partial charge in [-0.05, 0) is 55.2 Å². The first kappa shape index (κ1) is 13.9. The van der Waals surface area contributed by atoms with Crippen LogP contribution in [-0.2, 0) is 0 Å². The lowest BCUT2D eigenvalue weighted by atomic mass is 10.1. The van der Waals surface area contributed by atoms with Gasteiger partial charge in [0, 0.05) is 19.6 Å². The molecule has 1 aromatic carbocycles. The Morgan fingerprint density at radius 2 is 1.85 bits per heavy atom. The van der Waals surface area contributed by atoms with Crippen LogP contribution in [0.25, 0.3) is 0 Å². The maximum absolute atomic E-state index is 10.5. The lowest BCUT2D eigenvalue weighted by Gasteiger charge is -2.25. The highest BCUT2D eigenvalue weighted by molar-refractivity contribution is 5.29. The van der Waals surface area contributed by atoms with Crippen LogP contribution in [0.5, 0.6) is 5.75 Å². The average molecular weight is 275 g/mol. The molecule has 20 heavy (non-hydrogen) atoms. The van der Waals surface area contributed by atoms with Crippen LogP contribution in [-0.4, -0.2) is 36.8 Å². The van der Waals surface area contributed by atoms with E-state index >= 15 is 0 Å². The SMILES string of the molecule is COc1cccc(C(O)CN(CC2CC2)CC2CC2)c1. The molecule has 0 aromatic heterocycles. The van der Waals surface area contributed by atoms with E-state index in [0.29, 0.717) is 0 Å². The quantitative estimate of drug-likeness (QED) is 0.792. The van der Waals surface area contributed by atoms with Crippen molar-refractivity contribution in [3.63, 3.8) is 0 Å². The maximum atomic E-state index is 10.5. The molecule has 0 bridgehead atoms. The highest BCUT2D eigenvalue weighted by Gasteiger charge is 2.30. The van der Waals surface area contributed by atoms with Crippen molar-refractivity contribution >= 4 is 0 Å². The first-order valence-corrected chi connectivity index (χ1v) is 7.79. The summed E-state index contributed by atoms with van der Waals surface area (Å²) in [5, 5.41) is 10.5. The van der Waals surface area contributed by atoms with Crippen molar-refractivity contribution in [2.45, 2.75) is 31.8 Å². The van der Waals surface area contributed by atoms with Crippen molar-refractivity contribution in [1.82, 2.24) is 4.90 Å². The monoisotopic (exact) mass is 275 g/mol. The molecule has 1 aromatic rings. The predicted octanol–water partition coefficient (Wildman–Crippen LogP) is 2.85. The van der Waals surface area contributed by atoms with Crippen LogP contribution >= 0.6 is 0 Å². The van der Waals surface area contributed by atoms with E-state index in [-0.39, 0.29) is 0 Å². The Morgan fingerprint density at radius 1 is 1.20 bits per heavy atom. The molecule has 0 aliphatic heterocycles. The van der Waals surface area contributed by atoms with Gasteiger partial charge in [0.05, 0.1) is 13.2 Å². The van der Waals surface area contributed by atoms with E-state index in [9.17, 15) is 5.11 Å². The van der Waals surface area contributed by atoms with E-state index < -0.39 is 6.10 Å². The van der Waals surface area contributed by atoms with Crippen LogP contribution in [0, 0.1) is 11.8 Å². The van der Waals surface area contributed by atoms with E-state index in [4.69, 9.17) is 4.74 Å². The summed E-state index contributed by atoms with van der Waals surface area (Å²) in [5.74, 6) is 2.58. The summed E-state index contributed by atoms with van der Waals surface area (Å²) in [4.78, 5) is 2.47. The summed E-state index contributed by atoms with van der Waals surface area (Å²) in [6.45, 7) is 3.08. The molecule has 2 aliphatic rings. The molecule has 2 saturated carbocycles. The predicted molar refractivity (Wildman–Crippen MR) is 79.8 cm³/mol. The summed E-state index contributed by atoms with van der Waals surface area (Å²) in [5.41, 5.74) is 0.959. The van der Waals surface area contributed by atoms with Crippen LogP contribution in [0.1, 0.15) is 37.4 Å². The van der Waals surface area contributed by atoms with Crippen molar-refractivity contribution in [2.75, 3.05) is 26.7 Å². The summed E-state index contributed by atoms with van der Waals surface area (Å²) in [6, 6.07) is 7.79. The van der Waals surface area contributed by atoms with Gasteiger partial charge in [0.2, 0.25) is 0 Å². The number of benzene rings is 1. The number of aliphatic hydroxyl groups is 1. The van der Waals surface area contributed by atoms with Crippen molar-refractivity contribution < 1.29 is 9.84 Å². The van der Waals surface area contributed by atoms with Gasteiger partial charge >= 0.3 is 0 Å². The minimum absolute atomic E-state index is 0.414. The van der Waals surface area contributed by atoms with Gasteiger partial charge in [-0.1, -0.05) is 12.1 Å². The molecule has 0 amide bonds. The second kappa shape index (κ2) is 6.15. The summed E-state index contributed by atoms with van der Waals surface area (Å²) in [7, 11) is 1.66. The van der Waals surface area contributed by atoms with E-state index in [1.165, 1.54) is 25.7 Å². The van der Waals surface area contributed by atoms with Crippen molar-refractivity contribution in [2.24, 2.45) is 11.8 Å². The summed E-state index contributed by atoms with van der Waals surface area (Å²) < 4.78 is 5.23. The molecule has 0 heterocycles. The molecule has 0 saturated heterocycles. The molecule has 0 radical (unpaired) electrons. The first-order valence-electron chi connectivity index (χ1n) is 7.79. The van der Waals surface area contributed by atoms with E-state index in [1.807, 2.05) is 24.3 Å². The van der Waals surface area contributed by atoms with Crippen LogP contribution < -0.4 is 4.74 Å². The largest absolute Gasteiger partial charge is 0.497 e. The third-order valence-electron chi connectivity index (χ3n) is 4.34. The van der Waals surface area contributed by atoms with E-state index in [0.717, 1.165) is 42.8 Å². The van der Waals surface area contributed by atoms with E-state index in [1.54, 1.807) is 7.11 Å². The fourth-order valence-corrected chi connectivity index (χ4v) is 2.75. The number of aliphatic hydroxyl groups excluding tert-OH is 1. The number of nitrogens with zero attached hydrogens (tertiary/aromatic N) is 1. The van der Waals surface area contributed by atoms with Crippen molar-refractivity contribution in [3.05, 3.63) is 29.8 Å². The molecular formula is C17H25NO2. The van der Waals surface area contributed by atoms with E-state index in [2.05, 4.69) is 4.90 Å². The number of rotatable bonds is 8. The minimum Gasteiger partial charge on any atom is -0.497 e. The Kier molecular flexibility index (Phi) is 4.27. The normalized spacial score (nSPS) is 20.1. The molecule has 2 fully saturated rings. The molecule has 3 rings (SSSR count). The Hall–Kier alpha value is -1.06. The van der Waals surface area contributed by atoms with Crippen LogP contribution in [0.4, 0.5) is 0 Å². The minimum atomic E-state index is -0.414. The van der Waals surface area contributed by atoms with Gasteiger partial charge in [0.25, 0.3) is 0 Å². The zero-order valence-electron chi connectivity index (χ0n) is 12.3. The van der Waals surface area contributed by atoms with Gasteiger partial charge in [0.1, 0.15) is 5.75 Å². The first-order chi connectivity index (χ1) is 9.74. The standard InChI is InChI=1S/C17H25NO2/c1-20-16-4-2-3-15(9-16)17(19)12-18(10-13-5-6-13)11-14-7-8-14/h2-4,9,13-14,17,19H,5-8,10-12H2,1H3. The number of ether oxygens (including phenoxy) is 1. The number of hydrogen-bond acceptors (Lipinski definition) is 3. The maximum Gasteiger partial charge on any atom is 0.119 e. The zero-order valence-corrected chi connectivity index (χ0v) is 12.3. The highest BCUT2D eigenvalue weighted by atomic mass is 16.5. The van der Waals surface area contributed by atoms with Crippen molar-refractivity contribution in [1.29, 1.82) is 0 Å². The molecule has 1 atom stereocenters. The van der Waals surface area contributed by atoms with Crippen LogP contribution in [0.2, 0.25) is 0 Å². The molecule has 2 aliphatic carbocycles. The topological polar surface area (TPSA) is 32.7 Å². The van der Waals surface area contributed by atoms with Gasteiger partial charge in [0.15, 0.2) is 0 Å². The van der Waals surface area contributed by atoms with Gasteiger partial charge < -0.3 is 9.84 Å². The third-order valence-corrected chi connectivity index (χ3v) is 4.34. The van der Waals surface area contributed by atoms with Gasteiger partial charge in [-0.25, -0.2) is 0 Å². The second-order valence-corrected chi connectivity index (χ2v) is 6.40. The summed E-state index contributed by atoms with van der Waals surface area (Å²) >= 11 is 0. The zero-order chi connectivity index (χ0) is 13.9. The smallest absolute Gasteiger partial charge is 0.119 e. The van der Waals surface area contributed by atoms with Gasteiger partial charge in [-0.3, -0.25) is 4.90 Å². The Bertz CT molecular complexity index is 426. The molecule has 0 spiro atoms. The molecule has 1 unspecified atom stereocenters. The Labute approximate surface area is 121 Å². The van der Waals surface area contributed by atoms with Crippen LogP contribution in [0.3, 0.4) is 0 Å². The lowest BCUT2D eigenvalue weighted by Crippen LogP contribution is -2.32. The molecule has 3 heteroatoms.